The summed E-state index contributed by atoms with van der Waals surface area (Å²) in [7, 11) is 0. The van der Waals surface area contributed by atoms with E-state index >= 15 is 0 Å². The van der Waals surface area contributed by atoms with Crippen molar-refractivity contribution >= 4 is 17.6 Å². The van der Waals surface area contributed by atoms with E-state index in [9.17, 15) is 4.79 Å². The van der Waals surface area contributed by atoms with Gasteiger partial charge in [-0.25, -0.2) is 4.79 Å². The van der Waals surface area contributed by atoms with Crippen molar-refractivity contribution in [3.05, 3.63) is 0 Å². The van der Waals surface area contributed by atoms with Crippen molar-refractivity contribution in [3.63, 3.8) is 0 Å². The van der Waals surface area contributed by atoms with Crippen LogP contribution in [0.5, 0.6) is 0 Å². The van der Waals surface area contributed by atoms with Gasteiger partial charge in [-0.3, -0.25) is 0 Å². The highest BCUT2D eigenvalue weighted by atomic mass is 35.5. The molecule has 3 nitrogen and oxygen atoms in total. The van der Waals surface area contributed by atoms with Gasteiger partial charge in [0.1, 0.15) is 0 Å². The van der Waals surface area contributed by atoms with Crippen LogP contribution >= 0.6 is 11.6 Å². The van der Waals surface area contributed by atoms with Crippen LogP contribution in [0.4, 0.5) is 4.79 Å². The van der Waals surface area contributed by atoms with Crippen LogP contribution in [-0.2, 0) is 0 Å². The van der Waals surface area contributed by atoms with Crippen LogP contribution in [0.15, 0.2) is 0 Å². The van der Waals surface area contributed by atoms with Gasteiger partial charge in [0.2, 0.25) is 0 Å². The summed E-state index contributed by atoms with van der Waals surface area (Å²) in [6, 6.07) is -0.304. The monoisotopic (exact) mass is 232 g/mol. The highest BCUT2D eigenvalue weighted by Gasteiger charge is 2.28. The molecule has 88 valence electrons. The van der Waals surface area contributed by atoms with E-state index in [0.29, 0.717) is 17.2 Å². The molecule has 0 heterocycles. The molecule has 0 spiro atoms. The predicted molar refractivity (Wildman–Crippen MR) is 62.9 cm³/mol. The first-order chi connectivity index (χ1) is 7.00. The zero-order valence-corrected chi connectivity index (χ0v) is 10.3. The second-order valence-electron chi connectivity index (χ2n) is 4.68. The molecule has 1 aliphatic rings. The maximum absolute atomic E-state index is 10.7. The largest absolute Gasteiger partial charge is 0.352 e. The Labute approximate surface area is 96.7 Å². The summed E-state index contributed by atoms with van der Waals surface area (Å²) in [4.78, 5) is 10.7. The summed E-state index contributed by atoms with van der Waals surface area (Å²) in [5.41, 5.74) is 5.11. The lowest BCUT2D eigenvalue weighted by Gasteiger charge is -2.33. The first-order valence-electron chi connectivity index (χ1n) is 5.70. The van der Waals surface area contributed by atoms with Crippen LogP contribution in [-0.4, -0.2) is 17.5 Å². The Kier molecular flexibility index (Phi) is 4.71. The number of hydrogen-bond donors (Lipinski definition) is 2. The van der Waals surface area contributed by atoms with E-state index in [4.69, 9.17) is 17.3 Å². The Hall–Kier alpha value is -0.440. The van der Waals surface area contributed by atoms with Gasteiger partial charge in [-0.2, -0.15) is 0 Å². The third-order valence-corrected chi connectivity index (χ3v) is 3.95. The Bertz CT molecular complexity index is 223. The molecule has 1 fully saturated rings. The number of amides is 2. The number of nitrogens with two attached hydrogens (primary N) is 1. The standard InChI is InChI=1S/C11H21ClN2O/c1-7(8(2)14-11(13)15)9-4-3-5-10(12)6-9/h7-10H,3-6H2,1-2H3,(H3,13,14,15)/t7?,8?,9?,10-/m1/s1. The number of alkyl halides is 1. The fourth-order valence-corrected chi connectivity index (χ4v) is 2.79. The Morgan fingerprint density at radius 1 is 1.47 bits per heavy atom. The van der Waals surface area contributed by atoms with Gasteiger partial charge < -0.3 is 11.1 Å². The number of urea groups is 1. The molecule has 0 aromatic rings. The molecule has 4 heteroatoms. The topological polar surface area (TPSA) is 55.1 Å². The molecular weight excluding hydrogens is 212 g/mol. The minimum atomic E-state index is -0.437. The van der Waals surface area contributed by atoms with E-state index in [2.05, 4.69) is 12.2 Å². The van der Waals surface area contributed by atoms with Crippen LogP contribution in [0.2, 0.25) is 0 Å². The van der Waals surface area contributed by atoms with Gasteiger partial charge >= 0.3 is 6.03 Å². The molecule has 0 bridgehead atoms. The summed E-state index contributed by atoms with van der Waals surface area (Å²) in [6.07, 6.45) is 4.61. The van der Waals surface area contributed by atoms with Gasteiger partial charge in [0.05, 0.1) is 0 Å². The first kappa shape index (κ1) is 12.6. The van der Waals surface area contributed by atoms with Crippen LogP contribution < -0.4 is 11.1 Å². The fraction of sp³-hybridized carbons (Fsp3) is 0.909. The van der Waals surface area contributed by atoms with Crippen molar-refractivity contribution in [1.29, 1.82) is 0 Å². The molecule has 0 aromatic heterocycles. The van der Waals surface area contributed by atoms with E-state index in [-0.39, 0.29) is 6.04 Å². The van der Waals surface area contributed by atoms with Gasteiger partial charge in [-0.05, 0) is 31.6 Å². The number of nitrogens with one attached hydrogen (secondary N) is 1. The number of rotatable bonds is 3. The van der Waals surface area contributed by atoms with Crippen molar-refractivity contribution in [3.8, 4) is 0 Å². The molecule has 0 radical (unpaired) electrons. The minimum Gasteiger partial charge on any atom is -0.352 e. The summed E-state index contributed by atoms with van der Waals surface area (Å²) < 4.78 is 0. The van der Waals surface area contributed by atoms with E-state index in [1.54, 1.807) is 0 Å². The lowest BCUT2D eigenvalue weighted by atomic mass is 9.78. The number of carbonyl (C=O) groups excluding carboxylic acids is 1. The highest BCUT2D eigenvalue weighted by Crippen LogP contribution is 2.34. The molecule has 0 aromatic carbocycles. The lowest BCUT2D eigenvalue weighted by Crippen LogP contribution is -2.43. The molecule has 3 unspecified atom stereocenters. The quantitative estimate of drug-likeness (QED) is 0.722. The van der Waals surface area contributed by atoms with Crippen LogP contribution in [0, 0.1) is 11.8 Å². The molecule has 4 atom stereocenters. The van der Waals surface area contributed by atoms with E-state index < -0.39 is 6.03 Å². The average Bonchev–Trinajstić information content (AvgIpc) is 2.15. The third kappa shape index (κ3) is 3.90. The molecular formula is C11H21ClN2O. The molecule has 15 heavy (non-hydrogen) atoms. The fourth-order valence-electron chi connectivity index (χ4n) is 2.41. The Morgan fingerprint density at radius 3 is 2.67 bits per heavy atom. The molecule has 2 amide bonds. The van der Waals surface area contributed by atoms with Crippen LogP contribution in [0.25, 0.3) is 0 Å². The van der Waals surface area contributed by atoms with E-state index in [0.717, 1.165) is 12.8 Å². The summed E-state index contributed by atoms with van der Waals surface area (Å²) in [5.74, 6) is 1.06. The van der Waals surface area contributed by atoms with Crippen LogP contribution in [0.1, 0.15) is 39.5 Å². The van der Waals surface area contributed by atoms with Gasteiger partial charge in [0.15, 0.2) is 0 Å². The molecule has 0 saturated heterocycles. The smallest absolute Gasteiger partial charge is 0.312 e. The van der Waals surface area contributed by atoms with Gasteiger partial charge in [0.25, 0.3) is 0 Å². The SMILES string of the molecule is CC(NC(N)=O)C(C)C1CCC[C@@H](Cl)C1. The van der Waals surface area contributed by atoms with Gasteiger partial charge in [-0.15, -0.1) is 11.6 Å². The molecule has 0 aliphatic heterocycles. The molecule has 1 rings (SSSR count). The second kappa shape index (κ2) is 5.59. The predicted octanol–water partition coefficient (Wildman–Crippen LogP) is 2.48. The van der Waals surface area contributed by atoms with Crippen molar-refractivity contribution in [2.75, 3.05) is 0 Å². The average molecular weight is 233 g/mol. The lowest BCUT2D eigenvalue weighted by molar-refractivity contribution is 0.211. The molecule has 1 saturated carbocycles. The van der Waals surface area contributed by atoms with Crippen molar-refractivity contribution in [2.24, 2.45) is 17.6 Å². The van der Waals surface area contributed by atoms with Crippen molar-refractivity contribution < 1.29 is 4.79 Å². The van der Waals surface area contributed by atoms with E-state index in [1.165, 1.54) is 12.8 Å². The van der Waals surface area contributed by atoms with Gasteiger partial charge in [-0.1, -0.05) is 19.8 Å². The van der Waals surface area contributed by atoms with E-state index in [1.807, 2.05) is 6.92 Å². The number of hydrogen-bond acceptors (Lipinski definition) is 1. The maximum atomic E-state index is 10.7. The number of halogens is 1. The second-order valence-corrected chi connectivity index (χ2v) is 5.30. The summed E-state index contributed by atoms with van der Waals surface area (Å²) in [6.45, 7) is 4.17. The molecule has 3 N–H and O–H groups in total. The number of primary amides is 1. The number of carbonyl (C=O) groups is 1. The zero-order valence-electron chi connectivity index (χ0n) is 9.50. The maximum Gasteiger partial charge on any atom is 0.312 e. The third-order valence-electron chi connectivity index (χ3n) is 3.55. The van der Waals surface area contributed by atoms with Crippen molar-refractivity contribution in [1.82, 2.24) is 5.32 Å². The Morgan fingerprint density at radius 2 is 2.13 bits per heavy atom. The Balaban J connectivity index is 2.43. The molecule has 1 aliphatic carbocycles. The summed E-state index contributed by atoms with van der Waals surface area (Å²) >= 11 is 6.15. The zero-order chi connectivity index (χ0) is 11.4. The van der Waals surface area contributed by atoms with Crippen molar-refractivity contribution in [2.45, 2.75) is 50.9 Å². The van der Waals surface area contributed by atoms with Crippen LogP contribution in [0.3, 0.4) is 0 Å². The minimum absolute atomic E-state index is 0.134. The first-order valence-corrected chi connectivity index (χ1v) is 6.14. The summed E-state index contributed by atoms with van der Waals surface area (Å²) in [5, 5.41) is 3.06. The highest BCUT2D eigenvalue weighted by molar-refractivity contribution is 6.20. The normalized spacial score (nSPS) is 30.6. The van der Waals surface area contributed by atoms with Gasteiger partial charge in [0, 0.05) is 11.4 Å².